The van der Waals surface area contributed by atoms with Crippen LogP contribution in [0.3, 0.4) is 0 Å². The van der Waals surface area contributed by atoms with Gasteiger partial charge < -0.3 is 9.47 Å². The summed E-state index contributed by atoms with van der Waals surface area (Å²) in [6.45, 7) is 5.11. The lowest BCUT2D eigenvalue weighted by Gasteiger charge is -2.27. The molecule has 0 bridgehead atoms. The monoisotopic (exact) mass is 498 g/mol. The fourth-order valence-electron chi connectivity index (χ4n) is 5.62. The molecule has 190 valence electrons. The first kappa shape index (κ1) is 24.5. The van der Waals surface area contributed by atoms with E-state index < -0.39 is 6.29 Å². The molecule has 0 amide bonds. The Morgan fingerprint density at radius 1 is 0.684 bits per heavy atom. The van der Waals surface area contributed by atoms with Gasteiger partial charge in [0.1, 0.15) is 5.75 Å². The molecule has 0 fully saturated rings. The number of ether oxygens (including phenoxy) is 2. The van der Waals surface area contributed by atoms with E-state index in [2.05, 4.69) is 123 Å². The third kappa shape index (κ3) is 4.85. The first-order valence-electron chi connectivity index (χ1n) is 13.8. The van der Waals surface area contributed by atoms with Crippen LogP contribution in [0.25, 0.3) is 21.9 Å². The summed E-state index contributed by atoms with van der Waals surface area (Å²) >= 11 is 0. The Balaban J connectivity index is 1.33. The number of hydrogen-bond acceptors (Lipinski definition) is 2. The van der Waals surface area contributed by atoms with Gasteiger partial charge in [0.25, 0.3) is 0 Å². The van der Waals surface area contributed by atoms with E-state index in [1.807, 2.05) is 6.07 Å². The molecule has 6 rings (SSSR count). The maximum Gasteiger partial charge on any atom is 0.210 e. The highest BCUT2D eigenvalue weighted by atomic mass is 16.7. The van der Waals surface area contributed by atoms with E-state index in [1.165, 1.54) is 44.2 Å². The van der Waals surface area contributed by atoms with Gasteiger partial charge >= 0.3 is 0 Å². The Bertz CT molecular complexity index is 1490. The van der Waals surface area contributed by atoms with E-state index in [1.54, 1.807) is 0 Å². The Labute approximate surface area is 225 Å². The van der Waals surface area contributed by atoms with Gasteiger partial charge in [-0.25, -0.2) is 0 Å². The van der Waals surface area contributed by atoms with Crippen LogP contribution in [-0.2, 0) is 11.2 Å². The minimum absolute atomic E-state index is 0.00153. The molecular formula is C36H34O2. The lowest BCUT2D eigenvalue weighted by Crippen LogP contribution is -2.29. The van der Waals surface area contributed by atoms with Crippen molar-refractivity contribution in [3.05, 3.63) is 138 Å². The van der Waals surface area contributed by atoms with Gasteiger partial charge in [0.05, 0.1) is 12.5 Å². The quantitative estimate of drug-likeness (QED) is 0.189. The lowest BCUT2D eigenvalue weighted by molar-refractivity contribution is -0.0877. The number of rotatable bonds is 9. The summed E-state index contributed by atoms with van der Waals surface area (Å²) < 4.78 is 13.3. The zero-order chi connectivity index (χ0) is 25.9. The van der Waals surface area contributed by atoms with Crippen LogP contribution in [0.4, 0.5) is 0 Å². The van der Waals surface area contributed by atoms with Crippen molar-refractivity contribution in [2.45, 2.75) is 44.8 Å². The number of benzene rings is 5. The molecule has 2 atom stereocenters. The summed E-state index contributed by atoms with van der Waals surface area (Å²) in [5.74, 6) is 1.39. The van der Waals surface area contributed by atoms with E-state index in [0.29, 0.717) is 12.5 Å². The highest BCUT2D eigenvalue weighted by Gasteiger charge is 2.36. The normalized spacial score (nSPS) is 14.2. The van der Waals surface area contributed by atoms with Gasteiger partial charge in [0, 0.05) is 0 Å². The van der Waals surface area contributed by atoms with E-state index in [0.717, 1.165) is 18.6 Å². The lowest BCUT2D eigenvalue weighted by atomic mass is 9.95. The molecule has 2 unspecified atom stereocenters. The van der Waals surface area contributed by atoms with E-state index >= 15 is 0 Å². The van der Waals surface area contributed by atoms with Crippen molar-refractivity contribution in [1.82, 2.24) is 0 Å². The van der Waals surface area contributed by atoms with Crippen molar-refractivity contribution in [1.29, 1.82) is 0 Å². The summed E-state index contributed by atoms with van der Waals surface area (Å²) in [5, 5.41) is 2.43. The molecule has 1 aliphatic rings. The van der Waals surface area contributed by atoms with Crippen LogP contribution in [0, 0.1) is 0 Å². The SMILES string of the molecule is CCC(C)c1ccc2cc(OC(OCCc3ccccc3)C3c4ccccc4-c4ccccc43)ccc2c1. The fraction of sp³-hybridized carbons (Fsp3) is 0.222. The zero-order valence-corrected chi connectivity index (χ0v) is 22.1. The predicted molar refractivity (Wildman–Crippen MR) is 157 cm³/mol. The van der Waals surface area contributed by atoms with Crippen LogP contribution in [0.1, 0.15) is 54.4 Å². The highest BCUT2D eigenvalue weighted by Crippen LogP contribution is 2.47. The van der Waals surface area contributed by atoms with Gasteiger partial charge in [-0.15, -0.1) is 0 Å². The first-order valence-corrected chi connectivity index (χ1v) is 13.8. The Hall–Kier alpha value is -3.88. The first-order chi connectivity index (χ1) is 18.7. The van der Waals surface area contributed by atoms with Crippen LogP contribution in [-0.4, -0.2) is 12.9 Å². The second kappa shape index (κ2) is 10.8. The minimum atomic E-state index is -0.444. The number of hydrogen-bond donors (Lipinski definition) is 0. The minimum Gasteiger partial charge on any atom is -0.464 e. The van der Waals surface area contributed by atoms with Gasteiger partial charge in [-0.3, -0.25) is 0 Å². The van der Waals surface area contributed by atoms with Gasteiger partial charge in [-0.2, -0.15) is 0 Å². The molecule has 0 heterocycles. The molecule has 0 spiro atoms. The van der Waals surface area contributed by atoms with Crippen LogP contribution in [0.2, 0.25) is 0 Å². The molecule has 2 heteroatoms. The average molecular weight is 499 g/mol. The van der Waals surface area contributed by atoms with E-state index in [9.17, 15) is 0 Å². The van der Waals surface area contributed by atoms with Crippen molar-refractivity contribution in [3.8, 4) is 16.9 Å². The van der Waals surface area contributed by atoms with Gasteiger partial charge in [0.15, 0.2) is 0 Å². The van der Waals surface area contributed by atoms with Gasteiger partial charge in [0.2, 0.25) is 6.29 Å². The van der Waals surface area contributed by atoms with Crippen LogP contribution in [0.5, 0.6) is 5.75 Å². The Kier molecular flexibility index (Phi) is 6.98. The molecule has 5 aromatic carbocycles. The Morgan fingerprint density at radius 3 is 2.03 bits per heavy atom. The van der Waals surface area contributed by atoms with Crippen molar-refractivity contribution >= 4 is 10.8 Å². The van der Waals surface area contributed by atoms with E-state index in [-0.39, 0.29) is 5.92 Å². The second-order valence-corrected chi connectivity index (χ2v) is 10.3. The second-order valence-electron chi connectivity index (χ2n) is 10.3. The summed E-state index contributed by atoms with van der Waals surface area (Å²) in [4.78, 5) is 0. The summed E-state index contributed by atoms with van der Waals surface area (Å²) in [5.41, 5.74) is 7.71. The zero-order valence-electron chi connectivity index (χ0n) is 22.1. The van der Waals surface area contributed by atoms with Crippen molar-refractivity contribution in [2.75, 3.05) is 6.61 Å². The van der Waals surface area contributed by atoms with Crippen molar-refractivity contribution < 1.29 is 9.47 Å². The standard InChI is InChI=1S/C36H34O2/c1-3-25(2)27-17-18-29-24-30(20-19-28(29)23-27)38-36(37-22-21-26-11-5-4-6-12-26)35-33-15-9-7-13-31(33)32-14-8-10-16-34(32)35/h4-20,23-25,35-36H,3,21-22H2,1-2H3. The molecule has 1 aliphatic carbocycles. The fourth-order valence-corrected chi connectivity index (χ4v) is 5.62. The molecule has 0 aliphatic heterocycles. The smallest absolute Gasteiger partial charge is 0.210 e. The number of fused-ring (bicyclic) bond motifs is 4. The van der Waals surface area contributed by atoms with Gasteiger partial charge in [-0.1, -0.05) is 117 Å². The Morgan fingerprint density at radius 2 is 1.32 bits per heavy atom. The van der Waals surface area contributed by atoms with Crippen molar-refractivity contribution in [3.63, 3.8) is 0 Å². The maximum absolute atomic E-state index is 6.73. The third-order valence-corrected chi connectivity index (χ3v) is 7.94. The predicted octanol–water partition coefficient (Wildman–Crippen LogP) is 9.13. The molecule has 2 nitrogen and oxygen atoms in total. The highest BCUT2D eigenvalue weighted by molar-refractivity contribution is 5.84. The molecule has 5 aromatic rings. The summed E-state index contributed by atoms with van der Waals surface area (Å²) in [6, 6.07) is 41.0. The largest absolute Gasteiger partial charge is 0.464 e. The molecule has 0 radical (unpaired) electrons. The van der Waals surface area contributed by atoms with Crippen LogP contribution < -0.4 is 4.74 Å². The molecule has 0 N–H and O–H groups in total. The molecule has 0 saturated heterocycles. The topological polar surface area (TPSA) is 18.5 Å². The molecule has 38 heavy (non-hydrogen) atoms. The third-order valence-electron chi connectivity index (χ3n) is 7.94. The molecular weight excluding hydrogens is 464 g/mol. The van der Waals surface area contributed by atoms with E-state index in [4.69, 9.17) is 9.47 Å². The van der Waals surface area contributed by atoms with Crippen molar-refractivity contribution in [2.24, 2.45) is 0 Å². The van der Waals surface area contributed by atoms with Gasteiger partial charge in [-0.05, 0) is 75.0 Å². The molecule has 0 saturated carbocycles. The van der Waals surface area contributed by atoms with Crippen LogP contribution >= 0.6 is 0 Å². The average Bonchev–Trinajstić information content (AvgIpc) is 3.31. The maximum atomic E-state index is 6.73. The summed E-state index contributed by atoms with van der Waals surface area (Å²) in [7, 11) is 0. The van der Waals surface area contributed by atoms with Crippen LogP contribution in [0.15, 0.2) is 115 Å². The summed E-state index contributed by atoms with van der Waals surface area (Å²) in [6.07, 6.45) is 1.53. The molecule has 0 aromatic heterocycles.